The zero-order valence-electron chi connectivity index (χ0n) is 8.95. The lowest BCUT2D eigenvalue weighted by Gasteiger charge is -2.09. The highest BCUT2D eigenvalue weighted by molar-refractivity contribution is 5.64. The fourth-order valence-corrected chi connectivity index (χ4v) is 1.44. The Kier molecular flexibility index (Phi) is 3.18. The number of benzene rings is 1. The van der Waals surface area contributed by atoms with E-state index in [0.29, 0.717) is 11.4 Å². The van der Waals surface area contributed by atoms with Gasteiger partial charge in [-0.2, -0.15) is 0 Å². The van der Waals surface area contributed by atoms with E-state index in [4.69, 9.17) is 5.73 Å². The lowest BCUT2D eigenvalue weighted by Crippen LogP contribution is -2.04. The van der Waals surface area contributed by atoms with Crippen LogP contribution in [0.3, 0.4) is 0 Å². The molecule has 0 aliphatic rings. The number of hydrogen-bond donors (Lipinski definition) is 2. The highest BCUT2D eigenvalue weighted by atomic mass is 19.1. The number of nitrogens with one attached hydrogen (secondary N) is 1. The fourth-order valence-electron chi connectivity index (χ4n) is 1.44. The molecule has 0 aliphatic heterocycles. The minimum atomic E-state index is -0.467. The van der Waals surface area contributed by atoms with Crippen molar-refractivity contribution in [3.8, 4) is 0 Å². The number of nitrogen functional groups attached to an aromatic ring is 1. The molecule has 0 aliphatic carbocycles. The number of halogens is 2. The van der Waals surface area contributed by atoms with Gasteiger partial charge in [-0.3, -0.25) is 4.98 Å². The van der Waals surface area contributed by atoms with Crippen molar-refractivity contribution in [3.63, 3.8) is 0 Å². The first-order valence-electron chi connectivity index (χ1n) is 5.04. The van der Waals surface area contributed by atoms with Crippen LogP contribution in [-0.2, 0) is 6.54 Å². The summed E-state index contributed by atoms with van der Waals surface area (Å²) in [5.41, 5.74) is 7.02. The molecule has 88 valence electrons. The Balaban J connectivity index is 2.12. The first-order chi connectivity index (χ1) is 8.16. The van der Waals surface area contributed by atoms with Crippen molar-refractivity contribution in [2.75, 3.05) is 11.1 Å². The average Bonchev–Trinajstić information content (AvgIpc) is 2.32. The van der Waals surface area contributed by atoms with Crippen LogP contribution in [0, 0.1) is 11.6 Å². The van der Waals surface area contributed by atoms with Gasteiger partial charge < -0.3 is 11.1 Å². The molecule has 0 atom stereocenters. The Morgan fingerprint density at radius 2 is 2.06 bits per heavy atom. The maximum Gasteiger partial charge on any atom is 0.128 e. The van der Waals surface area contributed by atoms with Gasteiger partial charge in [0.05, 0.1) is 17.6 Å². The van der Waals surface area contributed by atoms with Crippen LogP contribution < -0.4 is 11.1 Å². The third kappa shape index (κ3) is 2.69. The van der Waals surface area contributed by atoms with E-state index in [0.717, 1.165) is 18.2 Å². The summed E-state index contributed by atoms with van der Waals surface area (Å²) < 4.78 is 26.2. The van der Waals surface area contributed by atoms with Crippen molar-refractivity contribution >= 4 is 11.4 Å². The van der Waals surface area contributed by atoms with Gasteiger partial charge in [-0.05, 0) is 24.3 Å². The number of nitrogens with two attached hydrogens (primary N) is 1. The third-order valence-electron chi connectivity index (χ3n) is 2.33. The van der Waals surface area contributed by atoms with Crippen molar-refractivity contribution in [2.24, 2.45) is 0 Å². The smallest absolute Gasteiger partial charge is 0.128 e. The fraction of sp³-hybridized carbons (Fsp3) is 0.0833. The molecule has 0 saturated heterocycles. The minimum absolute atomic E-state index is 0.164. The van der Waals surface area contributed by atoms with Crippen LogP contribution in [0.25, 0.3) is 0 Å². The standard InChI is InChI=1S/C12H11F2N3/c13-9-1-2-10(14)8(5-9)6-17-12-3-4-16-7-11(12)15/h1-5,7H,6,15H2,(H,16,17). The molecular formula is C12H11F2N3. The first-order valence-corrected chi connectivity index (χ1v) is 5.04. The summed E-state index contributed by atoms with van der Waals surface area (Å²) in [5.74, 6) is -0.919. The normalized spacial score (nSPS) is 10.2. The molecule has 0 unspecified atom stereocenters. The predicted molar refractivity (Wildman–Crippen MR) is 62.3 cm³/mol. The van der Waals surface area contributed by atoms with Crippen molar-refractivity contribution in [1.82, 2.24) is 4.98 Å². The maximum atomic E-state index is 13.3. The molecule has 3 N–H and O–H groups in total. The summed E-state index contributed by atoms with van der Waals surface area (Å²) in [7, 11) is 0. The molecule has 1 aromatic heterocycles. The Morgan fingerprint density at radius 1 is 1.24 bits per heavy atom. The molecule has 0 radical (unpaired) electrons. The van der Waals surface area contributed by atoms with E-state index in [2.05, 4.69) is 10.3 Å². The van der Waals surface area contributed by atoms with E-state index >= 15 is 0 Å². The van der Waals surface area contributed by atoms with Gasteiger partial charge in [-0.1, -0.05) is 0 Å². The zero-order valence-corrected chi connectivity index (χ0v) is 8.95. The molecular weight excluding hydrogens is 224 g/mol. The lowest BCUT2D eigenvalue weighted by atomic mass is 10.2. The molecule has 2 rings (SSSR count). The molecule has 3 nitrogen and oxygen atoms in total. The molecule has 17 heavy (non-hydrogen) atoms. The average molecular weight is 235 g/mol. The molecule has 0 saturated carbocycles. The predicted octanol–water partition coefficient (Wildman–Crippen LogP) is 2.55. The van der Waals surface area contributed by atoms with Gasteiger partial charge in [-0.25, -0.2) is 8.78 Å². The summed E-state index contributed by atoms with van der Waals surface area (Å²) in [6.45, 7) is 0.164. The van der Waals surface area contributed by atoms with Crippen LogP contribution in [0.15, 0.2) is 36.7 Å². The Morgan fingerprint density at radius 3 is 2.82 bits per heavy atom. The van der Waals surface area contributed by atoms with Crippen LogP contribution in [-0.4, -0.2) is 4.98 Å². The molecule has 0 bridgehead atoms. The van der Waals surface area contributed by atoms with Gasteiger partial charge in [-0.15, -0.1) is 0 Å². The molecule has 1 heterocycles. The number of aromatic nitrogens is 1. The van der Waals surface area contributed by atoms with E-state index < -0.39 is 11.6 Å². The largest absolute Gasteiger partial charge is 0.396 e. The van der Waals surface area contributed by atoms with Gasteiger partial charge in [0.1, 0.15) is 11.6 Å². The molecule has 0 amide bonds. The summed E-state index contributed by atoms with van der Waals surface area (Å²) in [5, 5.41) is 2.93. The SMILES string of the molecule is Nc1cnccc1NCc1cc(F)ccc1F. The van der Waals surface area contributed by atoms with Gasteiger partial charge >= 0.3 is 0 Å². The van der Waals surface area contributed by atoms with Gasteiger partial charge in [0, 0.05) is 18.3 Å². The van der Waals surface area contributed by atoms with Crippen LogP contribution in [0.2, 0.25) is 0 Å². The maximum absolute atomic E-state index is 13.3. The van der Waals surface area contributed by atoms with E-state index in [1.807, 2.05) is 0 Å². The lowest BCUT2D eigenvalue weighted by molar-refractivity contribution is 0.587. The Bertz CT molecular complexity index is 529. The zero-order chi connectivity index (χ0) is 12.3. The monoisotopic (exact) mass is 235 g/mol. The summed E-state index contributed by atoms with van der Waals surface area (Å²) in [6.07, 6.45) is 3.06. The van der Waals surface area contributed by atoms with Crippen molar-refractivity contribution < 1.29 is 8.78 Å². The second-order valence-electron chi connectivity index (χ2n) is 3.55. The summed E-state index contributed by atoms with van der Waals surface area (Å²) >= 11 is 0. The number of rotatable bonds is 3. The molecule has 1 aromatic carbocycles. The second-order valence-corrected chi connectivity index (χ2v) is 3.55. The molecule has 0 fully saturated rings. The quantitative estimate of drug-likeness (QED) is 0.859. The van der Waals surface area contributed by atoms with Gasteiger partial charge in [0.15, 0.2) is 0 Å². The van der Waals surface area contributed by atoms with E-state index in [-0.39, 0.29) is 12.1 Å². The van der Waals surface area contributed by atoms with Crippen molar-refractivity contribution in [2.45, 2.75) is 6.54 Å². The van der Waals surface area contributed by atoms with Gasteiger partial charge in [0.2, 0.25) is 0 Å². The highest BCUT2D eigenvalue weighted by Gasteiger charge is 2.04. The van der Waals surface area contributed by atoms with Crippen LogP contribution >= 0.6 is 0 Å². The minimum Gasteiger partial charge on any atom is -0.396 e. The number of hydrogen-bond acceptors (Lipinski definition) is 3. The Hall–Kier alpha value is -2.17. The second kappa shape index (κ2) is 4.78. The van der Waals surface area contributed by atoms with E-state index in [9.17, 15) is 8.78 Å². The first kappa shape index (κ1) is 11.3. The van der Waals surface area contributed by atoms with Crippen LogP contribution in [0.1, 0.15) is 5.56 Å². The highest BCUT2D eigenvalue weighted by Crippen LogP contribution is 2.17. The molecule has 0 spiro atoms. The van der Waals surface area contributed by atoms with Crippen molar-refractivity contribution in [1.29, 1.82) is 0 Å². The van der Waals surface area contributed by atoms with E-state index in [1.54, 1.807) is 12.3 Å². The van der Waals surface area contributed by atoms with Crippen LogP contribution in [0.4, 0.5) is 20.2 Å². The number of pyridine rings is 1. The number of anilines is 2. The third-order valence-corrected chi connectivity index (χ3v) is 2.33. The Labute approximate surface area is 97.3 Å². The number of nitrogens with zero attached hydrogens (tertiary/aromatic N) is 1. The van der Waals surface area contributed by atoms with Gasteiger partial charge in [0.25, 0.3) is 0 Å². The van der Waals surface area contributed by atoms with Crippen LogP contribution in [0.5, 0.6) is 0 Å². The molecule has 2 aromatic rings. The summed E-state index contributed by atoms with van der Waals surface area (Å²) in [6, 6.07) is 5.01. The van der Waals surface area contributed by atoms with E-state index in [1.165, 1.54) is 6.20 Å². The molecule has 5 heteroatoms. The summed E-state index contributed by atoms with van der Waals surface area (Å²) in [4.78, 5) is 3.83. The van der Waals surface area contributed by atoms with Crippen molar-refractivity contribution in [3.05, 3.63) is 53.9 Å². The topological polar surface area (TPSA) is 50.9 Å².